The molecular formula is C14H18F2N2O2. The maximum Gasteiger partial charge on any atom is 0.337 e. The van der Waals surface area contributed by atoms with Gasteiger partial charge in [-0.3, -0.25) is 0 Å². The van der Waals surface area contributed by atoms with Gasteiger partial charge in [0, 0.05) is 32.6 Å². The number of carbonyl (C=O) groups is 1. The lowest BCUT2D eigenvalue weighted by Crippen LogP contribution is -2.56. The Morgan fingerprint density at radius 1 is 1.35 bits per heavy atom. The Bertz CT molecular complexity index is 536. The topological polar surface area (TPSA) is 55.6 Å². The minimum absolute atomic E-state index is 0.313. The highest BCUT2D eigenvalue weighted by Gasteiger charge is 2.56. The second kappa shape index (κ2) is 4.70. The normalized spacial score (nSPS) is 19.1. The molecule has 0 bridgehead atoms. The van der Waals surface area contributed by atoms with Crippen molar-refractivity contribution in [3.63, 3.8) is 0 Å². The van der Waals surface area contributed by atoms with Gasteiger partial charge in [0.15, 0.2) is 0 Å². The second-order valence-electron chi connectivity index (χ2n) is 5.48. The first-order valence-electron chi connectivity index (χ1n) is 6.25. The molecule has 4 nitrogen and oxygen atoms in total. The van der Waals surface area contributed by atoms with E-state index in [1.54, 1.807) is 37.2 Å². The van der Waals surface area contributed by atoms with E-state index in [0.29, 0.717) is 11.1 Å². The molecule has 0 aliphatic heterocycles. The first-order chi connectivity index (χ1) is 9.18. The third kappa shape index (κ3) is 2.47. The number of benzene rings is 1. The molecule has 0 heterocycles. The largest absolute Gasteiger partial charge is 0.465 e. The van der Waals surface area contributed by atoms with Crippen LogP contribution in [0.15, 0.2) is 18.2 Å². The molecule has 1 aliphatic carbocycles. The number of halogens is 2. The lowest BCUT2D eigenvalue weighted by Gasteiger charge is -2.46. The molecule has 1 aliphatic rings. The van der Waals surface area contributed by atoms with Gasteiger partial charge in [-0.05, 0) is 23.8 Å². The summed E-state index contributed by atoms with van der Waals surface area (Å²) in [5.41, 5.74) is 6.58. The Morgan fingerprint density at radius 2 is 1.95 bits per heavy atom. The van der Waals surface area contributed by atoms with E-state index >= 15 is 0 Å². The van der Waals surface area contributed by atoms with Crippen molar-refractivity contribution < 1.29 is 18.3 Å². The molecule has 2 rings (SSSR count). The average molecular weight is 284 g/mol. The Hall–Kier alpha value is -1.69. The van der Waals surface area contributed by atoms with Gasteiger partial charge < -0.3 is 15.4 Å². The van der Waals surface area contributed by atoms with Crippen LogP contribution in [0.2, 0.25) is 0 Å². The summed E-state index contributed by atoms with van der Waals surface area (Å²) in [7, 11) is 4.88. The van der Waals surface area contributed by atoms with Gasteiger partial charge in [0.05, 0.1) is 18.2 Å². The van der Waals surface area contributed by atoms with Gasteiger partial charge in [-0.15, -0.1) is 0 Å². The fourth-order valence-corrected chi connectivity index (χ4v) is 2.63. The predicted molar refractivity (Wildman–Crippen MR) is 72.2 cm³/mol. The van der Waals surface area contributed by atoms with Crippen molar-refractivity contribution in [1.29, 1.82) is 0 Å². The molecule has 0 amide bonds. The summed E-state index contributed by atoms with van der Waals surface area (Å²) in [4.78, 5) is 13.4. The number of hydrogen-bond donors (Lipinski definition) is 1. The zero-order valence-electron chi connectivity index (χ0n) is 11.7. The van der Waals surface area contributed by atoms with Crippen molar-refractivity contribution in [3.05, 3.63) is 29.3 Å². The van der Waals surface area contributed by atoms with Gasteiger partial charge in [0.25, 0.3) is 5.92 Å². The van der Waals surface area contributed by atoms with Gasteiger partial charge in [-0.1, -0.05) is 0 Å². The molecular weight excluding hydrogens is 266 g/mol. The van der Waals surface area contributed by atoms with E-state index in [2.05, 4.69) is 4.74 Å². The summed E-state index contributed by atoms with van der Waals surface area (Å²) in [6, 6.07) is 4.86. The first kappa shape index (κ1) is 14.7. The van der Waals surface area contributed by atoms with Crippen LogP contribution in [0, 0.1) is 0 Å². The molecule has 110 valence electrons. The van der Waals surface area contributed by atoms with Gasteiger partial charge in [-0.25, -0.2) is 13.6 Å². The van der Waals surface area contributed by atoms with Crippen LogP contribution in [0.3, 0.4) is 0 Å². The number of alkyl halides is 2. The van der Waals surface area contributed by atoms with Crippen molar-refractivity contribution in [1.82, 2.24) is 0 Å². The molecule has 2 N–H and O–H groups in total. The molecule has 0 radical (unpaired) electrons. The molecule has 0 aromatic heterocycles. The van der Waals surface area contributed by atoms with Crippen LogP contribution in [0.1, 0.15) is 28.8 Å². The zero-order valence-corrected chi connectivity index (χ0v) is 11.7. The number of nitrogens with two attached hydrogens (primary N) is 1. The summed E-state index contributed by atoms with van der Waals surface area (Å²) in [5.74, 6) is -3.24. The molecule has 1 aromatic rings. The van der Waals surface area contributed by atoms with E-state index in [9.17, 15) is 13.6 Å². The Morgan fingerprint density at radius 3 is 2.40 bits per heavy atom. The number of anilines is 1. The van der Waals surface area contributed by atoms with Crippen LogP contribution in [-0.2, 0) is 10.3 Å². The molecule has 1 aromatic carbocycles. The quantitative estimate of drug-likeness (QED) is 0.864. The number of methoxy groups -OCH3 is 1. The van der Waals surface area contributed by atoms with Gasteiger partial charge >= 0.3 is 5.97 Å². The average Bonchev–Trinajstić information content (AvgIpc) is 2.34. The highest BCUT2D eigenvalue weighted by atomic mass is 19.3. The lowest BCUT2D eigenvalue weighted by atomic mass is 9.69. The minimum Gasteiger partial charge on any atom is -0.465 e. The summed E-state index contributed by atoms with van der Waals surface area (Å²) >= 11 is 0. The van der Waals surface area contributed by atoms with Crippen LogP contribution >= 0.6 is 0 Å². The van der Waals surface area contributed by atoms with Crippen LogP contribution < -0.4 is 10.6 Å². The van der Waals surface area contributed by atoms with E-state index in [1.807, 2.05) is 0 Å². The molecule has 6 heteroatoms. The molecule has 1 saturated carbocycles. The van der Waals surface area contributed by atoms with E-state index in [0.717, 1.165) is 5.69 Å². The van der Waals surface area contributed by atoms with Crippen LogP contribution in [0.4, 0.5) is 14.5 Å². The molecule has 20 heavy (non-hydrogen) atoms. The van der Waals surface area contributed by atoms with Crippen molar-refractivity contribution in [3.8, 4) is 0 Å². The molecule has 1 fully saturated rings. The van der Waals surface area contributed by atoms with Crippen molar-refractivity contribution >= 4 is 11.7 Å². The molecule has 0 unspecified atom stereocenters. The summed E-state index contributed by atoms with van der Waals surface area (Å²) in [6.45, 7) is 0. The Labute approximate surface area is 116 Å². The number of nitrogens with zero attached hydrogens (tertiary/aromatic N) is 1. The number of esters is 1. The van der Waals surface area contributed by atoms with E-state index < -0.39 is 30.3 Å². The van der Waals surface area contributed by atoms with Crippen LogP contribution in [-0.4, -0.2) is 33.1 Å². The number of ether oxygens (including phenoxy) is 1. The predicted octanol–water partition coefficient (Wildman–Crippen LogP) is 2.12. The zero-order chi connectivity index (χ0) is 15.1. The Kier molecular flexibility index (Phi) is 3.46. The third-order valence-corrected chi connectivity index (χ3v) is 3.58. The SMILES string of the molecule is COC(=O)c1ccc(N(C)C)c(C2(N)CC(F)(F)C2)c1. The maximum absolute atomic E-state index is 13.2. The van der Waals surface area contributed by atoms with Crippen molar-refractivity contribution in [2.24, 2.45) is 5.73 Å². The highest BCUT2D eigenvalue weighted by molar-refractivity contribution is 5.90. The maximum atomic E-state index is 13.2. The van der Waals surface area contributed by atoms with E-state index in [4.69, 9.17) is 5.73 Å². The summed E-state index contributed by atoms with van der Waals surface area (Å²) < 4.78 is 31.0. The van der Waals surface area contributed by atoms with Crippen LogP contribution in [0.5, 0.6) is 0 Å². The number of rotatable bonds is 3. The standard InChI is InChI=1S/C14H18F2N2O2/c1-18(2)11-5-4-9(12(19)20-3)6-10(11)13(17)7-14(15,16)8-13/h4-6H,7-8,17H2,1-3H3. The van der Waals surface area contributed by atoms with E-state index in [-0.39, 0.29) is 0 Å². The minimum atomic E-state index is -2.74. The fourth-order valence-electron chi connectivity index (χ4n) is 2.63. The first-order valence-corrected chi connectivity index (χ1v) is 6.25. The monoisotopic (exact) mass is 284 g/mol. The highest BCUT2D eigenvalue weighted by Crippen LogP contribution is 2.51. The number of hydrogen-bond acceptors (Lipinski definition) is 4. The van der Waals surface area contributed by atoms with Gasteiger partial charge in [-0.2, -0.15) is 0 Å². The second-order valence-corrected chi connectivity index (χ2v) is 5.48. The van der Waals surface area contributed by atoms with E-state index in [1.165, 1.54) is 7.11 Å². The van der Waals surface area contributed by atoms with Gasteiger partial charge in [0.1, 0.15) is 0 Å². The third-order valence-electron chi connectivity index (χ3n) is 3.58. The lowest BCUT2D eigenvalue weighted by molar-refractivity contribution is -0.124. The fraction of sp³-hybridized carbons (Fsp3) is 0.500. The summed E-state index contributed by atoms with van der Waals surface area (Å²) in [5, 5.41) is 0. The molecule has 0 spiro atoms. The molecule has 0 saturated heterocycles. The van der Waals surface area contributed by atoms with Crippen molar-refractivity contribution in [2.45, 2.75) is 24.3 Å². The van der Waals surface area contributed by atoms with Crippen molar-refractivity contribution in [2.75, 3.05) is 26.1 Å². The van der Waals surface area contributed by atoms with Gasteiger partial charge in [0.2, 0.25) is 0 Å². The van der Waals surface area contributed by atoms with Crippen LogP contribution in [0.25, 0.3) is 0 Å². The number of carbonyl (C=O) groups excluding carboxylic acids is 1. The molecule has 0 atom stereocenters. The Balaban J connectivity index is 2.46. The summed E-state index contributed by atoms with van der Waals surface area (Å²) in [6.07, 6.45) is -0.822. The smallest absolute Gasteiger partial charge is 0.337 e.